The van der Waals surface area contributed by atoms with Crippen LogP contribution in [-0.4, -0.2) is 9.19 Å². The van der Waals surface area contributed by atoms with Crippen molar-refractivity contribution in [1.29, 1.82) is 0 Å². The summed E-state index contributed by atoms with van der Waals surface area (Å²) in [5.74, 6) is 0.392. The predicted molar refractivity (Wildman–Crippen MR) is 75.0 cm³/mol. The molecule has 0 aliphatic heterocycles. The number of nitrogens with zero attached hydrogens (tertiary/aromatic N) is 1. The Morgan fingerprint density at radius 3 is 2.74 bits per heavy atom. The molecule has 2 aromatic carbocycles. The van der Waals surface area contributed by atoms with E-state index < -0.39 is 10.8 Å². The van der Waals surface area contributed by atoms with Crippen LogP contribution in [-0.2, 0) is 16.6 Å². The topological polar surface area (TPSA) is 69.1 Å². The zero-order chi connectivity index (χ0) is 13.2. The van der Waals surface area contributed by atoms with Gasteiger partial charge in [-0.15, -0.1) is 0 Å². The van der Waals surface area contributed by atoms with E-state index in [9.17, 15) is 4.21 Å². The van der Waals surface area contributed by atoms with E-state index in [0.717, 1.165) is 5.56 Å². The fraction of sp³-hybridized carbons (Fsp3) is 0.0714. The molecule has 4 nitrogen and oxygen atoms in total. The highest BCUT2D eigenvalue weighted by molar-refractivity contribution is 7.84. The number of fused-ring (bicyclic) bond motifs is 1. The number of aromatic nitrogens is 1. The standard InChI is InChI=1S/C14H12N2O2S/c15-11-6-7-12-13(8-11)18-14(16-12)19(17)9-10-4-2-1-3-5-10/h1-8H,9,15H2. The maximum absolute atomic E-state index is 12.2. The molecule has 3 rings (SSSR count). The van der Waals surface area contributed by atoms with Crippen LogP contribution in [0.25, 0.3) is 11.1 Å². The number of hydrogen-bond acceptors (Lipinski definition) is 4. The third-order valence-corrected chi connectivity index (χ3v) is 3.89. The van der Waals surface area contributed by atoms with Crippen molar-refractivity contribution in [3.8, 4) is 0 Å². The monoisotopic (exact) mass is 272 g/mol. The van der Waals surface area contributed by atoms with E-state index in [0.29, 0.717) is 22.5 Å². The first-order valence-electron chi connectivity index (χ1n) is 5.81. The summed E-state index contributed by atoms with van der Waals surface area (Å²) >= 11 is 0. The largest absolute Gasteiger partial charge is 0.430 e. The van der Waals surface area contributed by atoms with Crippen LogP contribution in [0.2, 0.25) is 0 Å². The van der Waals surface area contributed by atoms with Gasteiger partial charge in [-0.05, 0) is 17.7 Å². The van der Waals surface area contributed by atoms with E-state index in [4.69, 9.17) is 10.2 Å². The van der Waals surface area contributed by atoms with Gasteiger partial charge in [-0.3, -0.25) is 0 Å². The molecule has 0 amide bonds. The van der Waals surface area contributed by atoms with Crippen LogP contribution in [0.3, 0.4) is 0 Å². The third kappa shape index (κ3) is 2.51. The van der Waals surface area contributed by atoms with Gasteiger partial charge in [0.15, 0.2) is 5.58 Å². The lowest BCUT2D eigenvalue weighted by Gasteiger charge is -1.97. The Morgan fingerprint density at radius 2 is 1.95 bits per heavy atom. The Kier molecular flexibility index (Phi) is 3.05. The highest BCUT2D eigenvalue weighted by atomic mass is 32.2. The van der Waals surface area contributed by atoms with Crippen molar-refractivity contribution < 1.29 is 8.63 Å². The van der Waals surface area contributed by atoms with Gasteiger partial charge in [-0.1, -0.05) is 30.3 Å². The van der Waals surface area contributed by atoms with Gasteiger partial charge in [-0.2, -0.15) is 0 Å². The molecule has 0 bridgehead atoms. The third-order valence-electron chi connectivity index (χ3n) is 2.73. The van der Waals surface area contributed by atoms with Gasteiger partial charge in [0, 0.05) is 11.8 Å². The fourth-order valence-electron chi connectivity index (χ4n) is 1.80. The van der Waals surface area contributed by atoms with E-state index in [1.807, 2.05) is 30.3 Å². The van der Waals surface area contributed by atoms with Crippen molar-refractivity contribution in [3.63, 3.8) is 0 Å². The van der Waals surface area contributed by atoms with E-state index >= 15 is 0 Å². The van der Waals surface area contributed by atoms with Gasteiger partial charge in [0.2, 0.25) is 0 Å². The summed E-state index contributed by atoms with van der Waals surface area (Å²) in [4.78, 5) is 4.23. The lowest BCUT2D eigenvalue weighted by atomic mass is 10.2. The van der Waals surface area contributed by atoms with Crippen LogP contribution in [0.4, 0.5) is 5.69 Å². The Morgan fingerprint density at radius 1 is 1.16 bits per heavy atom. The summed E-state index contributed by atoms with van der Waals surface area (Å²) in [6.07, 6.45) is 0. The molecule has 1 atom stereocenters. The summed E-state index contributed by atoms with van der Waals surface area (Å²) < 4.78 is 17.7. The molecule has 3 aromatic rings. The lowest BCUT2D eigenvalue weighted by molar-refractivity contribution is 0.477. The first kappa shape index (κ1) is 11.9. The Balaban J connectivity index is 1.89. The number of anilines is 1. The SMILES string of the molecule is Nc1ccc2nc(S(=O)Cc3ccccc3)oc2c1. The summed E-state index contributed by atoms with van der Waals surface area (Å²) in [6.45, 7) is 0. The lowest BCUT2D eigenvalue weighted by Crippen LogP contribution is -1.96. The Hall–Kier alpha value is -2.14. The zero-order valence-electron chi connectivity index (χ0n) is 10.1. The fourth-order valence-corrected chi connectivity index (χ4v) is 2.81. The molecule has 0 aliphatic carbocycles. The second kappa shape index (κ2) is 4.85. The number of nitrogen functional groups attached to an aromatic ring is 1. The first-order valence-corrected chi connectivity index (χ1v) is 7.12. The van der Waals surface area contributed by atoms with Crippen molar-refractivity contribution in [2.45, 2.75) is 11.0 Å². The van der Waals surface area contributed by atoms with Crippen LogP contribution < -0.4 is 5.73 Å². The van der Waals surface area contributed by atoms with Gasteiger partial charge in [0.05, 0.1) is 5.75 Å². The predicted octanol–water partition coefficient (Wildman–Crippen LogP) is 2.72. The van der Waals surface area contributed by atoms with E-state index in [2.05, 4.69) is 4.98 Å². The molecule has 0 radical (unpaired) electrons. The van der Waals surface area contributed by atoms with Gasteiger partial charge in [0.25, 0.3) is 5.22 Å². The zero-order valence-corrected chi connectivity index (χ0v) is 10.9. The summed E-state index contributed by atoms with van der Waals surface area (Å²) in [5, 5.41) is 0.240. The maximum Gasteiger partial charge on any atom is 0.288 e. The summed E-state index contributed by atoms with van der Waals surface area (Å²) in [6, 6.07) is 14.8. The molecule has 1 heterocycles. The van der Waals surface area contributed by atoms with Crippen molar-refractivity contribution in [2.75, 3.05) is 5.73 Å². The molecule has 0 aliphatic rings. The highest BCUT2D eigenvalue weighted by Gasteiger charge is 2.13. The Bertz CT molecular complexity index is 738. The molecule has 5 heteroatoms. The smallest absolute Gasteiger partial charge is 0.288 e. The number of nitrogens with two attached hydrogens (primary N) is 1. The van der Waals surface area contributed by atoms with Crippen molar-refractivity contribution in [2.24, 2.45) is 0 Å². The second-order valence-corrected chi connectivity index (χ2v) is 5.51. The number of benzene rings is 2. The first-order chi connectivity index (χ1) is 9.22. The van der Waals surface area contributed by atoms with Crippen LogP contribution in [0, 0.1) is 0 Å². The van der Waals surface area contributed by atoms with Gasteiger partial charge in [-0.25, -0.2) is 9.19 Å². The molecule has 1 unspecified atom stereocenters. The molecular weight excluding hydrogens is 260 g/mol. The summed E-state index contributed by atoms with van der Waals surface area (Å²) in [5.41, 5.74) is 8.50. The number of hydrogen-bond donors (Lipinski definition) is 1. The minimum atomic E-state index is -1.29. The molecule has 1 aromatic heterocycles. The number of rotatable bonds is 3. The van der Waals surface area contributed by atoms with Crippen molar-refractivity contribution >= 4 is 27.6 Å². The number of oxazole rings is 1. The van der Waals surface area contributed by atoms with Crippen molar-refractivity contribution in [3.05, 3.63) is 54.1 Å². The van der Waals surface area contributed by atoms with E-state index in [-0.39, 0.29) is 5.22 Å². The van der Waals surface area contributed by atoms with Gasteiger partial charge < -0.3 is 10.2 Å². The van der Waals surface area contributed by atoms with E-state index in [1.54, 1.807) is 18.2 Å². The molecule has 96 valence electrons. The minimum Gasteiger partial charge on any atom is -0.430 e. The highest BCUT2D eigenvalue weighted by Crippen LogP contribution is 2.21. The average molecular weight is 272 g/mol. The minimum absolute atomic E-state index is 0.240. The summed E-state index contributed by atoms with van der Waals surface area (Å²) in [7, 11) is -1.29. The Labute approximate surface area is 112 Å². The molecule has 0 spiro atoms. The second-order valence-electron chi connectivity index (χ2n) is 4.18. The van der Waals surface area contributed by atoms with Crippen LogP contribution >= 0.6 is 0 Å². The van der Waals surface area contributed by atoms with Crippen LogP contribution in [0.1, 0.15) is 5.56 Å². The van der Waals surface area contributed by atoms with Crippen LogP contribution in [0.15, 0.2) is 58.2 Å². The molecule has 19 heavy (non-hydrogen) atoms. The average Bonchev–Trinajstić information content (AvgIpc) is 2.83. The maximum atomic E-state index is 12.2. The molecule has 0 saturated carbocycles. The molecule has 0 saturated heterocycles. The molecule has 2 N–H and O–H groups in total. The van der Waals surface area contributed by atoms with Gasteiger partial charge >= 0.3 is 0 Å². The van der Waals surface area contributed by atoms with Crippen molar-refractivity contribution in [1.82, 2.24) is 4.98 Å². The van der Waals surface area contributed by atoms with E-state index in [1.165, 1.54) is 0 Å². The molecular formula is C14H12N2O2S. The molecule has 0 fully saturated rings. The van der Waals surface area contributed by atoms with Gasteiger partial charge in [0.1, 0.15) is 16.3 Å². The quantitative estimate of drug-likeness (QED) is 0.744. The normalized spacial score (nSPS) is 12.6. The van der Waals surface area contributed by atoms with Crippen LogP contribution in [0.5, 0.6) is 0 Å².